The van der Waals surface area contributed by atoms with E-state index in [1.807, 2.05) is 37.4 Å². The summed E-state index contributed by atoms with van der Waals surface area (Å²) in [5, 5.41) is 3.67. The topological polar surface area (TPSA) is 49.3 Å². The Kier molecular flexibility index (Phi) is 10.3. The summed E-state index contributed by atoms with van der Waals surface area (Å²) in [5.41, 5.74) is 2.63. The van der Waals surface area contributed by atoms with Crippen molar-refractivity contribution in [2.45, 2.75) is 31.9 Å². The molecule has 33 heavy (non-hydrogen) atoms. The van der Waals surface area contributed by atoms with Gasteiger partial charge >= 0.3 is 0 Å². The minimum Gasteiger partial charge on any atom is -0.490 e. The van der Waals surface area contributed by atoms with Gasteiger partial charge in [-0.25, -0.2) is 0 Å². The average Bonchev–Trinajstić information content (AvgIpc) is 2.85. The normalized spacial score (nSPS) is 19.0. The van der Waals surface area contributed by atoms with Gasteiger partial charge in [0.05, 0.1) is 19.3 Å². The van der Waals surface area contributed by atoms with Gasteiger partial charge < -0.3 is 19.7 Å². The quantitative estimate of drug-likeness (QED) is 0.325. The number of likely N-dealkylation sites (tertiary alicyclic amines) is 1. The number of aliphatic imine (C=N–C) groups is 1. The van der Waals surface area contributed by atoms with Crippen LogP contribution in [-0.4, -0.2) is 74.8 Å². The van der Waals surface area contributed by atoms with E-state index < -0.39 is 0 Å². The lowest BCUT2D eigenvalue weighted by molar-refractivity contribution is 0.0168. The highest BCUT2D eigenvalue weighted by Crippen LogP contribution is 2.23. The van der Waals surface area contributed by atoms with Crippen molar-refractivity contribution in [3.8, 4) is 5.75 Å². The molecule has 2 fully saturated rings. The molecule has 1 N–H and O–H groups in total. The number of halogens is 1. The van der Waals surface area contributed by atoms with Crippen LogP contribution >= 0.6 is 24.0 Å². The minimum absolute atomic E-state index is 0. The van der Waals surface area contributed by atoms with E-state index in [4.69, 9.17) is 9.47 Å². The van der Waals surface area contributed by atoms with Gasteiger partial charge in [-0.05, 0) is 24.6 Å². The zero-order valence-electron chi connectivity index (χ0n) is 19.8. The van der Waals surface area contributed by atoms with Gasteiger partial charge in [-0.1, -0.05) is 48.0 Å². The van der Waals surface area contributed by atoms with E-state index >= 15 is 0 Å². The molecule has 0 aromatic heterocycles. The van der Waals surface area contributed by atoms with Crippen molar-refractivity contribution >= 4 is 29.9 Å². The van der Waals surface area contributed by atoms with Gasteiger partial charge in [-0.3, -0.25) is 9.89 Å². The zero-order chi connectivity index (χ0) is 22.2. The van der Waals surface area contributed by atoms with Crippen molar-refractivity contribution in [1.82, 2.24) is 15.1 Å². The summed E-state index contributed by atoms with van der Waals surface area (Å²) in [6.07, 6.45) is 2.27. The Balaban J connectivity index is 0.00000306. The summed E-state index contributed by atoms with van der Waals surface area (Å²) in [4.78, 5) is 9.47. The van der Waals surface area contributed by atoms with Gasteiger partial charge in [0.15, 0.2) is 5.96 Å². The maximum Gasteiger partial charge on any atom is 0.193 e. The molecular weight excluding hydrogens is 527 g/mol. The SMILES string of the molecule is CN=C(NCC(c1ccc(C)cc1)N1CCOCC1)N1CCC(Oc2ccccc2)CC1.I. The van der Waals surface area contributed by atoms with Gasteiger partial charge in [0.1, 0.15) is 11.9 Å². The molecule has 2 aliphatic heterocycles. The molecule has 2 aromatic carbocycles. The van der Waals surface area contributed by atoms with Crippen molar-refractivity contribution < 1.29 is 9.47 Å². The number of piperidine rings is 1. The lowest BCUT2D eigenvalue weighted by Crippen LogP contribution is -2.50. The lowest BCUT2D eigenvalue weighted by atomic mass is 10.0. The molecule has 0 saturated carbocycles. The molecular formula is C26H37IN4O2. The standard InChI is InChI=1S/C26H36N4O2.HI/c1-21-8-10-22(11-9-21)25(29-16-18-31-19-17-29)20-28-26(27-2)30-14-12-24(13-15-30)32-23-6-4-3-5-7-23;/h3-11,24-25H,12-20H2,1-2H3,(H,27,28);1H. The highest BCUT2D eigenvalue weighted by Gasteiger charge is 2.26. The number of rotatable bonds is 6. The van der Waals surface area contributed by atoms with Crippen LogP contribution in [0.5, 0.6) is 5.75 Å². The van der Waals surface area contributed by atoms with Crippen molar-refractivity contribution in [1.29, 1.82) is 0 Å². The fourth-order valence-electron chi connectivity index (χ4n) is 4.53. The summed E-state index contributed by atoms with van der Waals surface area (Å²) < 4.78 is 11.8. The number of nitrogens with one attached hydrogen (secondary N) is 1. The second-order valence-corrected chi connectivity index (χ2v) is 8.62. The molecule has 0 aliphatic carbocycles. The van der Waals surface area contributed by atoms with E-state index in [2.05, 4.69) is 51.3 Å². The average molecular weight is 565 g/mol. The Morgan fingerprint density at radius 2 is 1.70 bits per heavy atom. The molecule has 1 atom stereocenters. The van der Waals surface area contributed by atoms with Crippen LogP contribution in [0.1, 0.15) is 30.0 Å². The molecule has 0 amide bonds. The second kappa shape index (κ2) is 13.2. The van der Waals surface area contributed by atoms with Gasteiger partial charge in [-0.15, -0.1) is 24.0 Å². The fourth-order valence-corrected chi connectivity index (χ4v) is 4.53. The molecule has 2 heterocycles. The Morgan fingerprint density at radius 1 is 1.03 bits per heavy atom. The summed E-state index contributed by atoms with van der Waals surface area (Å²) >= 11 is 0. The predicted octanol–water partition coefficient (Wildman–Crippen LogP) is 4.11. The molecule has 4 rings (SSSR count). The summed E-state index contributed by atoms with van der Waals surface area (Å²) in [6.45, 7) is 8.38. The van der Waals surface area contributed by atoms with Gasteiger partial charge in [0.2, 0.25) is 0 Å². The highest BCUT2D eigenvalue weighted by molar-refractivity contribution is 14.0. The van der Waals surface area contributed by atoms with Gasteiger partial charge in [0, 0.05) is 52.6 Å². The number of morpholine rings is 1. The molecule has 7 heteroatoms. The third-order valence-electron chi connectivity index (χ3n) is 6.40. The summed E-state index contributed by atoms with van der Waals surface area (Å²) in [7, 11) is 1.88. The molecule has 0 spiro atoms. The number of nitrogens with zero attached hydrogens (tertiary/aromatic N) is 3. The highest BCUT2D eigenvalue weighted by atomic mass is 127. The fraction of sp³-hybridized carbons (Fsp3) is 0.500. The molecule has 2 aliphatic rings. The molecule has 6 nitrogen and oxygen atoms in total. The summed E-state index contributed by atoms with van der Waals surface area (Å²) in [5.74, 6) is 1.94. The third-order valence-corrected chi connectivity index (χ3v) is 6.40. The number of aryl methyl sites for hydroxylation is 1. The Morgan fingerprint density at radius 3 is 2.33 bits per heavy atom. The largest absolute Gasteiger partial charge is 0.490 e. The van der Waals surface area contributed by atoms with Crippen molar-refractivity contribution in [3.05, 3.63) is 65.7 Å². The van der Waals surface area contributed by atoms with Crippen molar-refractivity contribution in [2.24, 2.45) is 4.99 Å². The van der Waals surface area contributed by atoms with Crippen LogP contribution in [0.4, 0.5) is 0 Å². The Hall–Kier alpha value is -1.84. The molecule has 180 valence electrons. The van der Waals surface area contributed by atoms with Gasteiger partial charge in [-0.2, -0.15) is 0 Å². The maximum atomic E-state index is 6.16. The first-order valence-corrected chi connectivity index (χ1v) is 11.8. The number of benzene rings is 2. The second-order valence-electron chi connectivity index (χ2n) is 8.62. The van der Waals surface area contributed by atoms with E-state index in [9.17, 15) is 0 Å². The van der Waals surface area contributed by atoms with E-state index in [0.29, 0.717) is 6.04 Å². The van der Waals surface area contributed by atoms with Crippen LogP contribution in [-0.2, 0) is 4.74 Å². The zero-order valence-corrected chi connectivity index (χ0v) is 22.1. The molecule has 1 unspecified atom stereocenters. The smallest absolute Gasteiger partial charge is 0.193 e. The lowest BCUT2D eigenvalue weighted by Gasteiger charge is -2.37. The van der Waals surface area contributed by atoms with E-state index in [1.54, 1.807) is 0 Å². The number of ether oxygens (including phenoxy) is 2. The number of hydrogen-bond donors (Lipinski definition) is 1. The molecule has 0 radical (unpaired) electrons. The number of para-hydroxylation sites is 1. The summed E-state index contributed by atoms with van der Waals surface area (Å²) in [6, 6.07) is 19.3. The van der Waals surface area contributed by atoms with E-state index in [0.717, 1.165) is 70.5 Å². The van der Waals surface area contributed by atoms with Crippen LogP contribution in [0.25, 0.3) is 0 Å². The van der Waals surface area contributed by atoms with Crippen LogP contribution in [0.15, 0.2) is 59.6 Å². The van der Waals surface area contributed by atoms with E-state index in [1.165, 1.54) is 11.1 Å². The monoisotopic (exact) mass is 564 g/mol. The van der Waals surface area contributed by atoms with E-state index in [-0.39, 0.29) is 30.1 Å². The van der Waals surface area contributed by atoms with Crippen LogP contribution in [0.3, 0.4) is 0 Å². The minimum atomic E-state index is 0. The number of guanidine groups is 1. The first-order valence-electron chi connectivity index (χ1n) is 11.8. The van der Waals surface area contributed by atoms with Gasteiger partial charge in [0.25, 0.3) is 0 Å². The van der Waals surface area contributed by atoms with Crippen LogP contribution in [0, 0.1) is 6.92 Å². The first kappa shape index (κ1) is 25.8. The van der Waals surface area contributed by atoms with Crippen LogP contribution < -0.4 is 10.1 Å². The molecule has 2 saturated heterocycles. The van der Waals surface area contributed by atoms with Crippen molar-refractivity contribution in [3.63, 3.8) is 0 Å². The Bertz CT molecular complexity index is 848. The first-order chi connectivity index (χ1) is 15.7. The van der Waals surface area contributed by atoms with Crippen LogP contribution in [0.2, 0.25) is 0 Å². The molecule has 0 bridgehead atoms. The molecule has 2 aromatic rings. The third kappa shape index (κ3) is 7.32. The number of hydrogen-bond acceptors (Lipinski definition) is 4. The van der Waals surface area contributed by atoms with Crippen molar-refractivity contribution in [2.75, 3.05) is 53.0 Å². The maximum absolute atomic E-state index is 6.16. The predicted molar refractivity (Wildman–Crippen MR) is 145 cm³/mol. The Labute approximate surface area is 215 Å².